The van der Waals surface area contributed by atoms with Crippen molar-refractivity contribution in [1.29, 1.82) is 0 Å². The predicted molar refractivity (Wildman–Crippen MR) is 136 cm³/mol. The number of aryl methyl sites for hydroxylation is 1. The highest BCUT2D eigenvalue weighted by Crippen LogP contribution is 2.96. The Morgan fingerprint density at radius 3 is 2.13 bits per heavy atom. The van der Waals surface area contributed by atoms with Crippen molar-refractivity contribution in [1.82, 2.24) is 0 Å². The van der Waals surface area contributed by atoms with E-state index in [0.717, 1.165) is 4.90 Å². The first-order valence-corrected chi connectivity index (χ1v) is 14.1. The van der Waals surface area contributed by atoms with Crippen molar-refractivity contribution in [2.45, 2.75) is 58.0 Å². The van der Waals surface area contributed by atoms with Gasteiger partial charge in [-0.25, -0.2) is 4.39 Å². The Morgan fingerprint density at radius 2 is 1.56 bits per heavy atom. The Balaban J connectivity index is 1.43. The van der Waals surface area contributed by atoms with Gasteiger partial charge in [0, 0.05) is 35.3 Å². The Hall–Kier alpha value is -2.66. The fourth-order valence-electron chi connectivity index (χ4n) is 6.11. The van der Waals surface area contributed by atoms with E-state index in [1.54, 1.807) is 19.1 Å². The van der Waals surface area contributed by atoms with Gasteiger partial charge in [-0.05, 0) is 48.4 Å². The van der Waals surface area contributed by atoms with Crippen molar-refractivity contribution in [2.75, 3.05) is 19.3 Å². The summed E-state index contributed by atoms with van der Waals surface area (Å²) in [7, 11) is 0. The van der Waals surface area contributed by atoms with Crippen LogP contribution >= 0.6 is 11.8 Å². The van der Waals surface area contributed by atoms with E-state index in [2.05, 4.69) is 0 Å². The highest BCUT2D eigenvalue weighted by molar-refractivity contribution is 7.99. The van der Waals surface area contributed by atoms with Crippen LogP contribution in [0, 0.1) is 53.7 Å². The van der Waals surface area contributed by atoms with Gasteiger partial charge in [0.2, 0.25) is 13.6 Å². The summed E-state index contributed by atoms with van der Waals surface area (Å²) < 4.78 is 34.2. The lowest BCUT2D eigenvalue weighted by molar-refractivity contribution is -0.173. The monoisotopic (exact) mass is 566 g/mol. The van der Waals surface area contributed by atoms with E-state index < -0.39 is 72.2 Å². The molecule has 0 unspecified atom stereocenters. The Labute approximate surface area is 231 Å². The molecule has 4 fully saturated rings. The van der Waals surface area contributed by atoms with Gasteiger partial charge in [-0.1, -0.05) is 27.7 Å². The molecule has 0 amide bonds. The fraction of sp³-hybridized carbons (Fsp3) is 0.643. The van der Waals surface area contributed by atoms with Crippen LogP contribution in [0.15, 0.2) is 23.1 Å². The number of esters is 4. The van der Waals surface area contributed by atoms with Gasteiger partial charge in [0.05, 0.1) is 11.5 Å². The fourth-order valence-corrected chi connectivity index (χ4v) is 7.37. The highest BCUT2D eigenvalue weighted by Gasteiger charge is 3.08. The SMILES string of the molecule is Cc1cc(SC[C@H]2[C@@H](C(=O)OCOC(=O)CC(C)C)[C@H]3[C@H]4[C@]2(O)[C@]34C(=O)OCOC(=O)CC(C)C)ccc1F. The third kappa shape index (κ3) is 5.27. The molecule has 1 aromatic carbocycles. The minimum atomic E-state index is -1.48. The first-order valence-electron chi connectivity index (χ1n) is 13.1. The quantitative estimate of drug-likeness (QED) is 0.215. The summed E-state index contributed by atoms with van der Waals surface area (Å²) in [6.07, 6.45) is 0.355. The van der Waals surface area contributed by atoms with Crippen molar-refractivity contribution in [3.63, 3.8) is 0 Å². The number of thioether (sulfide) groups is 1. The van der Waals surface area contributed by atoms with Gasteiger partial charge in [0.25, 0.3) is 0 Å². The number of aliphatic hydroxyl groups is 1. The summed E-state index contributed by atoms with van der Waals surface area (Å²) in [5.41, 5.74) is -2.28. The third-order valence-corrected chi connectivity index (χ3v) is 8.97. The molecule has 0 radical (unpaired) electrons. The summed E-state index contributed by atoms with van der Waals surface area (Å²) >= 11 is 1.34. The maximum Gasteiger partial charge on any atom is 0.318 e. The molecule has 0 heterocycles. The van der Waals surface area contributed by atoms with Crippen LogP contribution in [0.1, 0.15) is 46.1 Å². The van der Waals surface area contributed by atoms with Gasteiger partial charge in [-0.2, -0.15) is 0 Å². The number of benzene rings is 1. The summed E-state index contributed by atoms with van der Waals surface area (Å²) in [5.74, 6) is -4.76. The highest BCUT2D eigenvalue weighted by atomic mass is 32.2. The van der Waals surface area contributed by atoms with Crippen molar-refractivity contribution < 1.29 is 47.6 Å². The maximum atomic E-state index is 13.7. The summed E-state index contributed by atoms with van der Waals surface area (Å²) in [5, 5.41) is 11.5. The molecule has 4 aliphatic rings. The van der Waals surface area contributed by atoms with E-state index in [1.165, 1.54) is 17.8 Å². The van der Waals surface area contributed by atoms with Crippen LogP contribution < -0.4 is 0 Å². The largest absolute Gasteiger partial charge is 0.428 e. The molecular weight excluding hydrogens is 531 g/mol. The minimum absolute atomic E-state index is 0.0826. The second-order valence-corrected chi connectivity index (χ2v) is 12.5. The zero-order valence-electron chi connectivity index (χ0n) is 22.7. The number of fused-ring (bicyclic) bond motifs is 1. The molecule has 39 heavy (non-hydrogen) atoms. The van der Waals surface area contributed by atoms with Crippen molar-refractivity contribution in [2.24, 2.45) is 40.9 Å². The molecule has 0 aliphatic heterocycles. The molecule has 11 heteroatoms. The second kappa shape index (κ2) is 11.1. The number of carbonyl (C=O) groups is 4. The van der Waals surface area contributed by atoms with Crippen LogP contribution in [0.5, 0.6) is 0 Å². The molecule has 0 spiro atoms. The summed E-state index contributed by atoms with van der Waals surface area (Å²) in [6, 6.07) is 4.64. The van der Waals surface area contributed by atoms with E-state index >= 15 is 0 Å². The second-order valence-electron chi connectivity index (χ2n) is 11.4. The zero-order valence-corrected chi connectivity index (χ0v) is 23.5. The van der Waals surface area contributed by atoms with Crippen molar-refractivity contribution in [3.05, 3.63) is 29.6 Å². The lowest BCUT2D eigenvalue weighted by Crippen LogP contribution is -2.35. The van der Waals surface area contributed by atoms with Crippen LogP contribution in [-0.2, 0) is 38.1 Å². The number of halogens is 1. The molecule has 0 aromatic heterocycles. The van der Waals surface area contributed by atoms with Crippen molar-refractivity contribution in [3.8, 4) is 0 Å². The summed E-state index contributed by atoms with van der Waals surface area (Å²) in [6.45, 7) is 7.94. The van der Waals surface area contributed by atoms with Crippen LogP contribution in [0.4, 0.5) is 4.39 Å². The molecule has 4 saturated carbocycles. The molecular formula is C28H35FO9S. The van der Waals surface area contributed by atoms with Crippen LogP contribution in [0.3, 0.4) is 0 Å². The number of hydrogen-bond donors (Lipinski definition) is 1. The first-order chi connectivity index (χ1) is 18.3. The van der Waals surface area contributed by atoms with Gasteiger partial charge < -0.3 is 24.1 Å². The maximum absolute atomic E-state index is 13.7. The van der Waals surface area contributed by atoms with E-state index in [4.69, 9.17) is 18.9 Å². The Kier molecular flexibility index (Phi) is 8.33. The van der Waals surface area contributed by atoms with E-state index in [1.807, 2.05) is 27.7 Å². The molecule has 0 saturated heterocycles. The molecule has 214 valence electrons. The van der Waals surface area contributed by atoms with E-state index in [9.17, 15) is 28.7 Å². The summed E-state index contributed by atoms with van der Waals surface area (Å²) in [4.78, 5) is 50.6. The Bertz CT molecular complexity index is 1150. The first kappa shape index (κ1) is 29.3. The molecule has 6 atom stereocenters. The average Bonchev–Trinajstić information content (AvgIpc) is 3.62. The minimum Gasteiger partial charge on any atom is -0.428 e. The standard InChI is InChI=1S/C28H35FO9S/c1-14(2)8-20(30)35-12-37-25(32)22-18(11-39-17-6-7-19(29)16(5)10-17)28(34)24-23(22)27(24,28)26(33)38-13-36-21(31)9-15(3)4/h6-7,10,14-15,18,22-24,34H,8-9,11-13H2,1-5H3/t18-,22+,23-,24+,27+,28-/m0/s1. The number of ether oxygens (including phenoxy) is 4. The van der Waals surface area contributed by atoms with Crippen LogP contribution in [0.2, 0.25) is 0 Å². The lowest BCUT2D eigenvalue weighted by Gasteiger charge is -2.22. The van der Waals surface area contributed by atoms with E-state index in [-0.39, 0.29) is 36.2 Å². The lowest BCUT2D eigenvalue weighted by atomic mass is 9.96. The predicted octanol–water partition coefficient (Wildman–Crippen LogP) is 3.63. The zero-order chi connectivity index (χ0) is 28.7. The molecule has 9 nitrogen and oxygen atoms in total. The molecule has 1 aromatic rings. The van der Waals surface area contributed by atoms with Gasteiger partial charge in [0.15, 0.2) is 0 Å². The Morgan fingerprint density at radius 1 is 0.974 bits per heavy atom. The molecule has 1 N–H and O–H groups in total. The molecule has 4 aliphatic carbocycles. The molecule has 2 bridgehead atoms. The van der Waals surface area contributed by atoms with Crippen LogP contribution in [0.25, 0.3) is 0 Å². The van der Waals surface area contributed by atoms with E-state index in [0.29, 0.717) is 5.56 Å². The number of rotatable bonds is 13. The van der Waals surface area contributed by atoms with Gasteiger partial charge >= 0.3 is 23.9 Å². The van der Waals surface area contributed by atoms with Crippen molar-refractivity contribution >= 4 is 35.6 Å². The number of carbonyl (C=O) groups excluding carboxylic acids is 4. The van der Waals surface area contributed by atoms with Crippen LogP contribution in [-0.4, -0.2) is 53.9 Å². The third-order valence-electron chi connectivity index (χ3n) is 7.86. The normalized spacial score (nSPS) is 29.6. The van der Waals surface area contributed by atoms with Gasteiger partial charge in [0.1, 0.15) is 11.2 Å². The van der Waals surface area contributed by atoms with Gasteiger partial charge in [-0.3, -0.25) is 19.2 Å². The van der Waals surface area contributed by atoms with Gasteiger partial charge in [-0.15, -0.1) is 11.8 Å². The topological polar surface area (TPSA) is 125 Å². The smallest absolute Gasteiger partial charge is 0.318 e. The average molecular weight is 567 g/mol. The number of hydrogen-bond acceptors (Lipinski definition) is 10. The molecule has 5 rings (SSSR count).